The van der Waals surface area contributed by atoms with Crippen molar-refractivity contribution in [3.8, 4) is 0 Å². The van der Waals surface area contributed by atoms with Crippen LogP contribution >= 0.6 is 0 Å². The van der Waals surface area contributed by atoms with Crippen molar-refractivity contribution < 1.29 is 52.6 Å². The smallest absolute Gasteiger partial charge is 0.333 e. The van der Waals surface area contributed by atoms with E-state index in [2.05, 4.69) is 16.0 Å². The lowest BCUT2D eigenvalue weighted by Gasteiger charge is -2.54. The fourth-order valence-corrected chi connectivity index (χ4v) is 8.77. The molecule has 15 heteroatoms. The highest BCUT2D eigenvalue weighted by molar-refractivity contribution is 6.25. The minimum atomic E-state index is -1.20. The largest absolute Gasteiger partial charge is 0.466 e. The number of rotatable bonds is 11. The number of benzene rings is 1. The summed E-state index contributed by atoms with van der Waals surface area (Å²) >= 11 is 0. The van der Waals surface area contributed by atoms with Gasteiger partial charge in [0.15, 0.2) is 0 Å². The van der Waals surface area contributed by atoms with Crippen LogP contribution in [-0.2, 0) is 43.0 Å². The Labute approximate surface area is 311 Å². The van der Waals surface area contributed by atoms with Gasteiger partial charge in [-0.25, -0.2) is 4.79 Å². The second kappa shape index (κ2) is 14.7. The number of hydrogen-bond acceptors (Lipinski definition) is 12. The molecular formula is C39H44N4O11. The lowest BCUT2D eigenvalue weighted by atomic mass is 9.62. The average Bonchev–Trinajstić information content (AvgIpc) is 3.46. The van der Waals surface area contributed by atoms with E-state index in [1.54, 1.807) is 50.3 Å². The summed E-state index contributed by atoms with van der Waals surface area (Å²) in [5.74, 6) is -4.57. The maximum atomic E-state index is 13.8. The van der Waals surface area contributed by atoms with E-state index in [1.165, 1.54) is 20.1 Å². The van der Waals surface area contributed by atoms with Gasteiger partial charge in [-0.3, -0.25) is 43.8 Å². The lowest BCUT2D eigenvalue weighted by molar-refractivity contribution is -0.235. The molecule has 2 aliphatic carbocycles. The molecule has 15 nitrogen and oxygen atoms in total. The minimum Gasteiger partial charge on any atom is -0.466 e. The van der Waals surface area contributed by atoms with Crippen LogP contribution in [0.3, 0.4) is 0 Å². The Morgan fingerprint density at radius 1 is 1.04 bits per heavy atom. The van der Waals surface area contributed by atoms with Crippen LogP contribution in [-0.4, -0.2) is 89.8 Å². The number of methoxy groups -OCH3 is 1. The maximum Gasteiger partial charge on any atom is 0.333 e. The number of cyclic esters (lactones) is 1. The summed E-state index contributed by atoms with van der Waals surface area (Å²) in [5, 5.41) is 8.18. The second-order valence-electron chi connectivity index (χ2n) is 14.6. The van der Waals surface area contributed by atoms with Gasteiger partial charge in [-0.2, -0.15) is 0 Å². The molecule has 1 aromatic carbocycles. The number of hydrogen-bond donors (Lipinski definition) is 3. The van der Waals surface area contributed by atoms with Crippen molar-refractivity contribution in [2.24, 2.45) is 11.3 Å². The summed E-state index contributed by atoms with van der Waals surface area (Å²) in [5.41, 5.74) is -1.93. The van der Waals surface area contributed by atoms with Crippen LogP contribution in [0.2, 0.25) is 0 Å². The van der Waals surface area contributed by atoms with E-state index in [1.807, 2.05) is 0 Å². The molecule has 3 N–H and O–H groups in total. The van der Waals surface area contributed by atoms with Gasteiger partial charge in [0, 0.05) is 49.2 Å². The lowest BCUT2D eigenvalue weighted by Crippen LogP contribution is -2.65. The fraction of sp³-hybridized carbons (Fsp3) is 0.487. The number of allylic oxidation sites excluding steroid dienone is 3. The molecule has 54 heavy (non-hydrogen) atoms. The van der Waals surface area contributed by atoms with Crippen molar-refractivity contribution in [3.05, 3.63) is 64.8 Å². The quantitative estimate of drug-likeness (QED) is 0.0748. The number of anilines is 1. The van der Waals surface area contributed by atoms with Gasteiger partial charge in [-0.05, 0) is 77.0 Å². The first-order chi connectivity index (χ1) is 25.7. The number of imide groups is 2. The summed E-state index contributed by atoms with van der Waals surface area (Å²) < 4.78 is 17.1. The molecule has 5 atom stereocenters. The van der Waals surface area contributed by atoms with Crippen molar-refractivity contribution in [1.29, 1.82) is 0 Å². The van der Waals surface area contributed by atoms with Gasteiger partial charge < -0.3 is 24.8 Å². The van der Waals surface area contributed by atoms with Crippen molar-refractivity contribution >= 4 is 53.1 Å². The summed E-state index contributed by atoms with van der Waals surface area (Å²) in [7, 11) is 1.30. The first-order valence-corrected chi connectivity index (χ1v) is 18.1. The van der Waals surface area contributed by atoms with Gasteiger partial charge in [0.25, 0.3) is 11.8 Å². The molecule has 3 aliphatic heterocycles. The van der Waals surface area contributed by atoms with E-state index in [4.69, 9.17) is 14.2 Å². The molecular weight excluding hydrogens is 700 g/mol. The first kappa shape index (κ1) is 38.1. The molecule has 1 unspecified atom stereocenters. The molecule has 0 aromatic heterocycles. The molecule has 3 fully saturated rings. The van der Waals surface area contributed by atoms with Crippen molar-refractivity contribution in [3.63, 3.8) is 0 Å². The molecule has 5 amide bonds. The molecule has 5 aliphatic rings. The topological polar surface area (TPSA) is 204 Å². The predicted molar refractivity (Wildman–Crippen MR) is 190 cm³/mol. The van der Waals surface area contributed by atoms with Gasteiger partial charge in [-0.15, -0.1) is 0 Å². The summed E-state index contributed by atoms with van der Waals surface area (Å²) in [6, 6.07) is 3.74. The standard InChI is InChI=1S/C39H44N4O11/c1-22(8-6-16-37(3)28-15-18-38(36(51)54-37)17-13-24(35(50)52-4)14-19-39(28,38)53-23(2)44)31(46)41-21-7-20-40-26-10-5-9-25-30(26)34(49)43(33(25)48)27-11-12-29(45)42-32(27)47/h5-6,8-10,13,16,27-28,40H,7,11-12,14-15,17-21H2,1-4H3,(H,41,46)(H,42,45,47)/b16-6+,22-8+/t27?,28-,37-,38-,39+/m1/s1. The van der Waals surface area contributed by atoms with Crippen LogP contribution < -0.4 is 16.0 Å². The zero-order chi connectivity index (χ0) is 39.0. The van der Waals surface area contributed by atoms with E-state index in [0.717, 1.165) is 4.90 Å². The Morgan fingerprint density at radius 3 is 2.54 bits per heavy atom. The highest BCUT2D eigenvalue weighted by atomic mass is 16.6. The van der Waals surface area contributed by atoms with Crippen LogP contribution in [0.4, 0.5) is 5.69 Å². The third-order valence-electron chi connectivity index (χ3n) is 11.4. The molecule has 2 saturated heterocycles. The molecule has 2 bridgehead atoms. The third-order valence-corrected chi connectivity index (χ3v) is 11.4. The van der Waals surface area contributed by atoms with E-state index in [0.29, 0.717) is 42.6 Å². The Kier molecular flexibility index (Phi) is 10.4. The molecule has 286 valence electrons. The normalized spacial score (nSPS) is 29.1. The van der Waals surface area contributed by atoms with Crippen molar-refractivity contribution in [2.75, 3.05) is 25.5 Å². The average molecular weight is 745 g/mol. The van der Waals surface area contributed by atoms with Gasteiger partial charge >= 0.3 is 17.9 Å². The zero-order valence-electron chi connectivity index (χ0n) is 30.7. The van der Waals surface area contributed by atoms with Gasteiger partial charge in [0.1, 0.15) is 22.7 Å². The van der Waals surface area contributed by atoms with Gasteiger partial charge in [0.2, 0.25) is 17.7 Å². The molecule has 0 spiro atoms. The van der Waals surface area contributed by atoms with Crippen LogP contribution in [0.5, 0.6) is 0 Å². The molecule has 6 rings (SSSR count). The van der Waals surface area contributed by atoms with E-state index in [-0.39, 0.29) is 55.7 Å². The first-order valence-electron chi connectivity index (χ1n) is 18.1. The van der Waals surface area contributed by atoms with E-state index >= 15 is 0 Å². The number of ether oxygens (including phenoxy) is 3. The number of esters is 3. The molecule has 1 saturated carbocycles. The summed E-state index contributed by atoms with van der Waals surface area (Å²) in [6.45, 7) is 5.36. The maximum absolute atomic E-state index is 13.8. The van der Waals surface area contributed by atoms with Crippen LogP contribution in [0.15, 0.2) is 53.6 Å². The van der Waals surface area contributed by atoms with Crippen LogP contribution in [0.25, 0.3) is 0 Å². The van der Waals surface area contributed by atoms with Gasteiger partial charge in [-0.1, -0.05) is 24.3 Å². The van der Waals surface area contributed by atoms with Crippen LogP contribution in [0.1, 0.15) is 92.9 Å². The Balaban J connectivity index is 1.05. The third kappa shape index (κ3) is 6.49. The number of nitrogens with zero attached hydrogens (tertiary/aromatic N) is 1. The Bertz CT molecular complexity index is 1930. The summed E-state index contributed by atoms with van der Waals surface area (Å²) in [4.78, 5) is 103. The van der Waals surface area contributed by atoms with Crippen LogP contribution in [0, 0.1) is 11.3 Å². The molecule has 1 aromatic rings. The van der Waals surface area contributed by atoms with E-state index in [9.17, 15) is 38.4 Å². The van der Waals surface area contributed by atoms with E-state index < -0.39 is 70.1 Å². The number of carbonyl (C=O) groups is 8. The fourth-order valence-electron chi connectivity index (χ4n) is 8.77. The monoisotopic (exact) mass is 744 g/mol. The Hall–Kier alpha value is -5.60. The van der Waals surface area contributed by atoms with Crippen molar-refractivity contribution in [2.45, 2.75) is 89.4 Å². The molecule has 3 heterocycles. The predicted octanol–water partition coefficient (Wildman–Crippen LogP) is 2.81. The van der Waals surface area contributed by atoms with Crippen molar-refractivity contribution in [1.82, 2.24) is 15.5 Å². The number of piperidine rings is 1. The summed E-state index contributed by atoms with van der Waals surface area (Å²) in [6.07, 6.45) is 8.91. The van der Waals surface area contributed by atoms with Gasteiger partial charge in [0.05, 0.1) is 18.2 Å². The number of fused-ring (bicyclic) bond motifs is 1. The highest BCUT2D eigenvalue weighted by Crippen LogP contribution is 2.65. The number of amides is 5. The Morgan fingerprint density at radius 2 is 1.81 bits per heavy atom. The number of carbonyl (C=O) groups excluding carboxylic acids is 8. The molecule has 0 radical (unpaired) electrons. The highest BCUT2D eigenvalue weighted by Gasteiger charge is 2.74. The number of nitrogens with one attached hydrogen (secondary N) is 3. The minimum absolute atomic E-state index is 0.0271. The zero-order valence-corrected chi connectivity index (χ0v) is 30.7. The SMILES string of the molecule is COC(=O)C1=CC[C@@]23CC[C@H]([C@@](C)(/C=C/C=C(\C)C(=O)NCCCNc4cccc5c4C(=O)N(C4CCC(=O)NC4=O)C5=O)OC2=O)[C@@]3(OC(C)=O)CC1. The second-order valence-corrected chi connectivity index (χ2v) is 14.6.